The van der Waals surface area contributed by atoms with Gasteiger partial charge in [0, 0.05) is 16.9 Å². The van der Waals surface area contributed by atoms with Crippen molar-refractivity contribution >= 4 is 40.5 Å². The van der Waals surface area contributed by atoms with Crippen molar-refractivity contribution in [3.8, 4) is 10.4 Å². The summed E-state index contributed by atoms with van der Waals surface area (Å²) in [5.74, 6) is -0.936. The molecule has 2 aromatic heterocycles. The minimum atomic E-state index is -0.937. The number of hydrogen-bond acceptors (Lipinski definition) is 5. The molecule has 1 atom stereocenters. The van der Waals surface area contributed by atoms with E-state index in [0.717, 1.165) is 16.1 Å². The highest BCUT2D eigenvalue weighted by atomic mass is 35.5. The molecule has 0 saturated carbocycles. The number of nitrogens with zero attached hydrogens (tertiary/aromatic N) is 2. The normalized spacial score (nSPS) is 11.9. The molecule has 28 heavy (non-hydrogen) atoms. The monoisotopic (exact) mass is 417 g/mol. The van der Waals surface area contributed by atoms with Crippen molar-refractivity contribution < 1.29 is 14.3 Å². The number of ether oxygens (including phenoxy) is 1. The van der Waals surface area contributed by atoms with Gasteiger partial charge in [-0.25, -0.2) is 4.79 Å². The topological polar surface area (TPSA) is 73.2 Å². The van der Waals surface area contributed by atoms with E-state index >= 15 is 0 Å². The van der Waals surface area contributed by atoms with Gasteiger partial charge in [-0.1, -0.05) is 23.7 Å². The number of aromatic nitrogens is 2. The molecule has 0 aliphatic carbocycles. The number of rotatable bonds is 5. The van der Waals surface area contributed by atoms with Crippen LogP contribution in [0.15, 0.2) is 36.4 Å². The van der Waals surface area contributed by atoms with Crippen LogP contribution in [-0.2, 0) is 16.6 Å². The van der Waals surface area contributed by atoms with Gasteiger partial charge in [-0.3, -0.25) is 9.48 Å². The van der Waals surface area contributed by atoms with Gasteiger partial charge in [-0.15, -0.1) is 11.3 Å². The van der Waals surface area contributed by atoms with Crippen LogP contribution in [0.2, 0.25) is 5.02 Å². The molecule has 0 bridgehead atoms. The Balaban J connectivity index is 1.65. The van der Waals surface area contributed by atoms with Gasteiger partial charge >= 0.3 is 5.97 Å². The van der Waals surface area contributed by atoms with E-state index < -0.39 is 18.0 Å². The van der Waals surface area contributed by atoms with Gasteiger partial charge in [0.25, 0.3) is 5.91 Å². The zero-order chi connectivity index (χ0) is 20.4. The molecule has 0 aliphatic rings. The Labute approximate surface area is 172 Å². The molecule has 3 rings (SSSR count). The van der Waals surface area contributed by atoms with Gasteiger partial charge in [-0.05, 0) is 50.6 Å². The second-order valence-electron chi connectivity index (χ2n) is 6.38. The highest BCUT2D eigenvalue weighted by Crippen LogP contribution is 2.29. The lowest BCUT2D eigenvalue weighted by molar-refractivity contribution is -0.123. The Morgan fingerprint density at radius 1 is 1.18 bits per heavy atom. The number of amides is 1. The van der Waals surface area contributed by atoms with Gasteiger partial charge < -0.3 is 10.1 Å². The molecule has 1 N–H and O–H groups in total. The molecule has 0 aliphatic heterocycles. The Morgan fingerprint density at radius 3 is 2.46 bits per heavy atom. The number of carbonyl (C=O) groups excluding carboxylic acids is 2. The molecule has 8 heteroatoms. The van der Waals surface area contributed by atoms with Crippen LogP contribution in [-0.4, -0.2) is 27.8 Å². The Hall–Kier alpha value is -2.64. The predicted molar refractivity (Wildman–Crippen MR) is 111 cm³/mol. The summed E-state index contributed by atoms with van der Waals surface area (Å²) < 4.78 is 7.02. The third kappa shape index (κ3) is 4.26. The molecule has 0 unspecified atom stereocenters. The molecular formula is C20H20ClN3O3S. The van der Waals surface area contributed by atoms with E-state index in [1.807, 2.05) is 32.0 Å². The summed E-state index contributed by atoms with van der Waals surface area (Å²) in [4.78, 5) is 26.2. The lowest BCUT2D eigenvalue weighted by Crippen LogP contribution is -2.30. The summed E-state index contributed by atoms with van der Waals surface area (Å²) in [6, 6.07) is 10.9. The molecule has 0 fully saturated rings. The van der Waals surface area contributed by atoms with Crippen LogP contribution < -0.4 is 5.32 Å². The highest BCUT2D eigenvalue weighted by Gasteiger charge is 2.22. The zero-order valence-electron chi connectivity index (χ0n) is 15.9. The Kier molecular flexibility index (Phi) is 5.86. The molecule has 6 nitrogen and oxygen atoms in total. The number of halogens is 1. The number of esters is 1. The zero-order valence-corrected chi connectivity index (χ0v) is 17.5. The molecule has 146 valence electrons. The largest absolute Gasteiger partial charge is 0.448 e. The Bertz CT molecular complexity index is 1020. The van der Waals surface area contributed by atoms with E-state index in [2.05, 4.69) is 10.4 Å². The van der Waals surface area contributed by atoms with Crippen LogP contribution in [0.25, 0.3) is 10.4 Å². The molecule has 0 spiro atoms. The fourth-order valence-corrected chi connectivity index (χ4v) is 3.69. The minimum Gasteiger partial charge on any atom is -0.448 e. The van der Waals surface area contributed by atoms with Crippen molar-refractivity contribution in [1.29, 1.82) is 0 Å². The number of carbonyl (C=O) groups is 2. The summed E-state index contributed by atoms with van der Waals surface area (Å²) in [6.45, 7) is 5.21. The summed E-state index contributed by atoms with van der Waals surface area (Å²) in [6.07, 6.45) is -0.937. The first kappa shape index (κ1) is 20.1. The molecule has 1 amide bonds. The fraction of sp³-hybridized carbons (Fsp3) is 0.250. The van der Waals surface area contributed by atoms with Crippen molar-refractivity contribution in [2.24, 2.45) is 7.05 Å². The van der Waals surface area contributed by atoms with Crippen molar-refractivity contribution in [3.63, 3.8) is 0 Å². The maximum absolute atomic E-state index is 12.4. The van der Waals surface area contributed by atoms with E-state index in [9.17, 15) is 9.59 Å². The van der Waals surface area contributed by atoms with Crippen LogP contribution >= 0.6 is 22.9 Å². The van der Waals surface area contributed by atoms with Gasteiger partial charge in [0.05, 0.1) is 17.1 Å². The van der Waals surface area contributed by atoms with Crippen LogP contribution in [0.3, 0.4) is 0 Å². The van der Waals surface area contributed by atoms with Crippen LogP contribution in [0, 0.1) is 13.8 Å². The lowest BCUT2D eigenvalue weighted by atomic mass is 10.2. The van der Waals surface area contributed by atoms with Crippen LogP contribution in [0.1, 0.15) is 28.0 Å². The summed E-state index contributed by atoms with van der Waals surface area (Å²) >= 11 is 7.21. The average molecular weight is 418 g/mol. The standard InChI is InChI=1S/C20H20ClN3O3S/c1-11-18(12(2)24(4)23-11)22-19(25)13(3)27-20(26)17-10-9-16(28-17)14-5-7-15(21)8-6-14/h5-10,13H,1-4H3,(H,22,25)/t13-/m1/s1. The predicted octanol–water partition coefficient (Wildman–Crippen LogP) is 4.60. The maximum atomic E-state index is 12.4. The van der Waals surface area contributed by atoms with Crippen LogP contribution in [0.5, 0.6) is 0 Å². The number of hydrogen-bond donors (Lipinski definition) is 1. The van der Waals surface area contributed by atoms with Crippen LogP contribution in [0.4, 0.5) is 5.69 Å². The quantitative estimate of drug-likeness (QED) is 0.615. The maximum Gasteiger partial charge on any atom is 0.349 e. The number of anilines is 1. The number of thiophene rings is 1. The van der Waals surface area contributed by atoms with Gasteiger partial charge in [-0.2, -0.15) is 5.10 Å². The van der Waals surface area contributed by atoms with E-state index in [-0.39, 0.29) is 0 Å². The van der Waals surface area contributed by atoms with Crippen molar-refractivity contribution in [2.45, 2.75) is 26.9 Å². The SMILES string of the molecule is Cc1nn(C)c(C)c1NC(=O)[C@@H](C)OC(=O)c1ccc(-c2ccc(Cl)cc2)s1. The molecule has 3 aromatic rings. The molecular weight excluding hydrogens is 398 g/mol. The molecule has 1 aromatic carbocycles. The first-order valence-corrected chi connectivity index (χ1v) is 9.83. The third-order valence-electron chi connectivity index (χ3n) is 4.35. The van der Waals surface area contributed by atoms with Gasteiger partial charge in [0.1, 0.15) is 4.88 Å². The van der Waals surface area contributed by atoms with E-state index in [1.165, 1.54) is 11.3 Å². The van der Waals surface area contributed by atoms with Crippen molar-refractivity contribution in [3.05, 3.63) is 57.7 Å². The second kappa shape index (κ2) is 8.16. The Morgan fingerprint density at radius 2 is 1.86 bits per heavy atom. The number of aryl methyl sites for hydroxylation is 2. The number of benzene rings is 1. The first-order chi connectivity index (χ1) is 13.3. The lowest BCUT2D eigenvalue weighted by Gasteiger charge is -2.13. The summed E-state index contributed by atoms with van der Waals surface area (Å²) in [5.41, 5.74) is 3.13. The molecule has 2 heterocycles. The first-order valence-electron chi connectivity index (χ1n) is 8.64. The smallest absolute Gasteiger partial charge is 0.349 e. The van der Waals surface area contributed by atoms with Gasteiger partial charge in [0.15, 0.2) is 6.10 Å². The number of nitrogens with one attached hydrogen (secondary N) is 1. The second-order valence-corrected chi connectivity index (χ2v) is 7.90. The summed E-state index contributed by atoms with van der Waals surface area (Å²) in [7, 11) is 1.80. The average Bonchev–Trinajstić information content (AvgIpc) is 3.23. The summed E-state index contributed by atoms with van der Waals surface area (Å²) in [5, 5.41) is 7.69. The fourth-order valence-electron chi connectivity index (χ4n) is 2.67. The van der Waals surface area contributed by atoms with E-state index in [1.54, 1.807) is 36.9 Å². The van der Waals surface area contributed by atoms with Crippen molar-refractivity contribution in [2.75, 3.05) is 5.32 Å². The highest BCUT2D eigenvalue weighted by molar-refractivity contribution is 7.17. The minimum absolute atomic E-state index is 0.401. The molecule has 0 radical (unpaired) electrons. The van der Waals surface area contributed by atoms with Crippen molar-refractivity contribution in [1.82, 2.24) is 9.78 Å². The third-order valence-corrected chi connectivity index (χ3v) is 5.71. The molecule has 0 saturated heterocycles. The van der Waals surface area contributed by atoms with E-state index in [4.69, 9.17) is 16.3 Å². The van der Waals surface area contributed by atoms with E-state index in [0.29, 0.717) is 21.3 Å². The van der Waals surface area contributed by atoms with Gasteiger partial charge in [0.2, 0.25) is 0 Å².